The first kappa shape index (κ1) is 12.2. The van der Waals surface area contributed by atoms with Crippen LogP contribution in [0.25, 0.3) is 0 Å². The summed E-state index contributed by atoms with van der Waals surface area (Å²) < 4.78 is 0. The normalized spacial score (nSPS) is 31.0. The van der Waals surface area contributed by atoms with Gasteiger partial charge in [0.2, 0.25) is 5.91 Å². The number of hydrogen-bond donors (Lipinski definition) is 3. The summed E-state index contributed by atoms with van der Waals surface area (Å²) in [4.78, 5) is 11.3. The van der Waals surface area contributed by atoms with Gasteiger partial charge < -0.3 is 16.0 Å². The Morgan fingerprint density at radius 3 is 3.05 bits per heavy atom. The van der Waals surface area contributed by atoms with Crippen LogP contribution in [0, 0.1) is 11.3 Å². The lowest BCUT2D eigenvalue weighted by atomic mass is 9.61. The third-order valence-electron chi connectivity index (χ3n) is 5.11. The fourth-order valence-electron chi connectivity index (χ4n) is 4.04. The molecule has 1 saturated carbocycles. The minimum Gasteiger partial charge on any atom is -0.385 e. The molecule has 1 aliphatic carbocycles. The third kappa shape index (κ3) is 2.08. The first-order chi connectivity index (χ1) is 9.72. The van der Waals surface area contributed by atoms with Crippen LogP contribution in [0.5, 0.6) is 0 Å². The van der Waals surface area contributed by atoms with Crippen molar-refractivity contribution in [2.75, 3.05) is 30.3 Å². The molecule has 4 rings (SSSR count). The number of fused-ring (bicyclic) bond motifs is 1. The molecule has 1 aromatic rings. The van der Waals surface area contributed by atoms with Crippen LogP contribution < -0.4 is 16.0 Å². The number of benzene rings is 1. The molecule has 0 unspecified atom stereocenters. The van der Waals surface area contributed by atoms with Crippen molar-refractivity contribution in [1.82, 2.24) is 5.32 Å². The number of carbonyl (C=O) groups excluding carboxylic acids is 1. The van der Waals surface area contributed by atoms with Crippen LogP contribution in [0.15, 0.2) is 18.2 Å². The molecule has 20 heavy (non-hydrogen) atoms. The average Bonchev–Trinajstić information content (AvgIpc) is 2.99. The van der Waals surface area contributed by atoms with Gasteiger partial charge in [-0.15, -0.1) is 0 Å². The molecule has 1 saturated heterocycles. The summed E-state index contributed by atoms with van der Waals surface area (Å²) in [6.07, 6.45) is 4.59. The highest BCUT2D eigenvalue weighted by molar-refractivity contribution is 5.99. The second-order valence-corrected chi connectivity index (χ2v) is 6.68. The van der Waals surface area contributed by atoms with Crippen LogP contribution in [0.2, 0.25) is 0 Å². The highest BCUT2D eigenvalue weighted by atomic mass is 16.1. The van der Waals surface area contributed by atoms with E-state index in [-0.39, 0.29) is 5.91 Å². The van der Waals surface area contributed by atoms with Gasteiger partial charge >= 0.3 is 0 Å². The lowest BCUT2D eigenvalue weighted by molar-refractivity contribution is -0.115. The van der Waals surface area contributed by atoms with E-state index in [1.165, 1.54) is 32.4 Å². The smallest absolute Gasteiger partial charge is 0.228 e. The van der Waals surface area contributed by atoms with Gasteiger partial charge in [-0.25, -0.2) is 0 Å². The van der Waals surface area contributed by atoms with E-state index in [0.717, 1.165) is 29.4 Å². The van der Waals surface area contributed by atoms with Crippen LogP contribution in [0.1, 0.15) is 24.8 Å². The summed E-state index contributed by atoms with van der Waals surface area (Å²) >= 11 is 0. The second kappa shape index (κ2) is 4.48. The SMILES string of the molecule is O=C1Cc2ccc(NCC3CC4(CCNC4)C3)cc2N1. The molecule has 106 valence electrons. The van der Waals surface area contributed by atoms with Gasteiger partial charge in [0.25, 0.3) is 0 Å². The number of hydrogen-bond acceptors (Lipinski definition) is 3. The van der Waals surface area contributed by atoms with E-state index in [0.29, 0.717) is 11.8 Å². The predicted molar refractivity (Wildman–Crippen MR) is 79.9 cm³/mol. The zero-order valence-corrected chi connectivity index (χ0v) is 11.7. The first-order valence-corrected chi connectivity index (χ1v) is 7.60. The van der Waals surface area contributed by atoms with Crippen molar-refractivity contribution < 1.29 is 4.79 Å². The highest BCUT2D eigenvalue weighted by Crippen LogP contribution is 2.49. The lowest BCUT2D eigenvalue weighted by Crippen LogP contribution is -2.41. The lowest BCUT2D eigenvalue weighted by Gasteiger charge is -2.45. The molecule has 3 aliphatic rings. The zero-order valence-electron chi connectivity index (χ0n) is 11.7. The third-order valence-corrected chi connectivity index (χ3v) is 5.11. The topological polar surface area (TPSA) is 53.2 Å². The van der Waals surface area contributed by atoms with E-state index >= 15 is 0 Å². The Balaban J connectivity index is 1.32. The van der Waals surface area contributed by atoms with Crippen molar-refractivity contribution in [1.29, 1.82) is 0 Å². The Morgan fingerprint density at radius 1 is 1.35 bits per heavy atom. The van der Waals surface area contributed by atoms with Crippen molar-refractivity contribution in [2.45, 2.75) is 25.7 Å². The quantitative estimate of drug-likeness (QED) is 0.788. The van der Waals surface area contributed by atoms with E-state index in [2.05, 4.69) is 34.1 Å². The van der Waals surface area contributed by atoms with E-state index in [1.807, 2.05) is 0 Å². The average molecular weight is 271 g/mol. The molecule has 0 bridgehead atoms. The van der Waals surface area contributed by atoms with Crippen LogP contribution in [-0.4, -0.2) is 25.5 Å². The molecule has 1 spiro atoms. The fourth-order valence-corrected chi connectivity index (χ4v) is 4.04. The number of anilines is 2. The summed E-state index contributed by atoms with van der Waals surface area (Å²) in [5.41, 5.74) is 3.83. The number of nitrogens with one attached hydrogen (secondary N) is 3. The molecule has 4 nitrogen and oxygen atoms in total. The molecule has 2 fully saturated rings. The summed E-state index contributed by atoms with van der Waals surface area (Å²) in [5, 5.41) is 9.91. The second-order valence-electron chi connectivity index (χ2n) is 6.68. The summed E-state index contributed by atoms with van der Waals surface area (Å²) in [6, 6.07) is 6.20. The van der Waals surface area contributed by atoms with Crippen molar-refractivity contribution in [3.8, 4) is 0 Å². The van der Waals surface area contributed by atoms with Crippen LogP contribution >= 0.6 is 0 Å². The Kier molecular flexibility index (Phi) is 2.74. The van der Waals surface area contributed by atoms with Gasteiger partial charge in [0, 0.05) is 24.5 Å². The van der Waals surface area contributed by atoms with Gasteiger partial charge in [-0.05, 0) is 54.8 Å². The Morgan fingerprint density at radius 2 is 2.25 bits per heavy atom. The number of carbonyl (C=O) groups is 1. The van der Waals surface area contributed by atoms with E-state index in [4.69, 9.17) is 0 Å². The van der Waals surface area contributed by atoms with Gasteiger partial charge in [0.1, 0.15) is 0 Å². The molecule has 0 atom stereocenters. The van der Waals surface area contributed by atoms with Gasteiger partial charge in [-0.3, -0.25) is 4.79 Å². The molecule has 2 aliphatic heterocycles. The highest BCUT2D eigenvalue weighted by Gasteiger charge is 2.45. The summed E-state index contributed by atoms with van der Waals surface area (Å²) in [7, 11) is 0. The molecule has 1 amide bonds. The van der Waals surface area contributed by atoms with Gasteiger partial charge in [0.15, 0.2) is 0 Å². The maximum absolute atomic E-state index is 11.3. The van der Waals surface area contributed by atoms with Crippen LogP contribution in [0.4, 0.5) is 11.4 Å². The molecule has 4 heteroatoms. The largest absolute Gasteiger partial charge is 0.385 e. The Labute approximate surface area is 119 Å². The Bertz CT molecular complexity index is 541. The van der Waals surface area contributed by atoms with E-state index < -0.39 is 0 Å². The fraction of sp³-hybridized carbons (Fsp3) is 0.562. The van der Waals surface area contributed by atoms with Crippen molar-refractivity contribution in [2.24, 2.45) is 11.3 Å². The van der Waals surface area contributed by atoms with Gasteiger partial charge in [-0.2, -0.15) is 0 Å². The number of amides is 1. The zero-order chi connectivity index (χ0) is 13.6. The minimum absolute atomic E-state index is 0.104. The number of rotatable bonds is 3. The van der Waals surface area contributed by atoms with Crippen molar-refractivity contribution in [3.05, 3.63) is 23.8 Å². The molecule has 0 radical (unpaired) electrons. The molecule has 0 aromatic heterocycles. The van der Waals surface area contributed by atoms with E-state index in [9.17, 15) is 4.79 Å². The summed E-state index contributed by atoms with van der Waals surface area (Å²) in [6.45, 7) is 3.47. The molecule has 2 heterocycles. The minimum atomic E-state index is 0.104. The van der Waals surface area contributed by atoms with Crippen molar-refractivity contribution in [3.63, 3.8) is 0 Å². The first-order valence-electron chi connectivity index (χ1n) is 7.60. The predicted octanol–water partition coefficient (Wildman–Crippen LogP) is 1.98. The molecule has 1 aromatic carbocycles. The molecule has 3 N–H and O–H groups in total. The standard InChI is InChI=1S/C16H21N3O/c20-15-5-12-1-2-13(6-14(12)19-15)18-9-11-7-16(8-11)3-4-17-10-16/h1-2,6,11,17-18H,3-5,7-10H2,(H,19,20). The molecular weight excluding hydrogens is 250 g/mol. The maximum atomic E-state index is 11.3. The van der Waals surface area contributed by atoms with E-state index in [1.54, 1.807) is 0 Å². The molecular formula is C16H21N3O. The monoisotopic (exact) mass is 271 g/mol. The van der Waals surface area contributed by atoms with Crippen LogP contribution in [-0.2, 0) is 11.2 Å². The Hall–Kier alpha value is -1.55. The van der Waals surface area contributed by atoms with Crippen LogP contribution in [0.3, 0.4) is 0 Å². The van der Waals surface area contributed by atoms with Gasteiger partial charge in [-0.1, -0.05) is 6.07 Å². The maximum Gasteiger partial charge on any atom is 0.228 e. The van der Waals surface area contributed by atoms with Gasteiger partial charge in [0.05, 0.1) is 6.42 Å². The van der Waals surface area contributed by atoms with Crippen molar-refractivity contribution >= 4 is 17.3 Å². The summed E-state index contributed by atoms with van der Waals surface area (Å²) in [5.74, 6) is 0.907.